The molecular weight excluding hydrogens is 434 g/mol. The minimum absolute atomic E-state index is 0.0617. The third-order valence-corrected chi connectivity index (χ3v) is 3.77. The van der Waals surface area contributed by atoms with Gasteiger partial charge < -0.3 is 10.1 Å². The molecule has 0 fully saturated rings. The van der Waals surface area contributed by atoms with Crippen LogP contribution in [0.25, 0.3) is 0 Å². The lowest BCUT2D eigenvalue weighted by atomic mass is 10.2. The molecule has 0 saturated heterocycles. The summed E-state index contributed by atoms with van der Waals surface area (Å²) in [6.45, 7) is -0.864. The second-order valence-electron chi connectivity index (χ2n) is 4.61. The molecule has 132 valence electrons. The van der Waals surface area contributed by atoms with E-state index in [1.807, 2.05) is 0 Å². The molecule has 0 radical (unpaired) electrons. The Kier molecular flexibility index (Phi) is 6.02. The Labute approximate surface area is 151 Å². The fourth-order valence-electron chi connectivity index (χ4n) is 1.72. The predicted molar refractivity (Wildman–Crippen MR) is 84.3 cm³/mol. The molecule has 1 N–H and O–H groups in total. The summed E-state index contributed by atoms with van der Waals surface area (Å²) >= 11 is 8.47. The third-order valence-electron chi connectivity index (χ3n) is 2.84. The number of esters is 1. The molecule has 2 aromatic carbocycles. The molecule has 4 nitrogen and oxygen atoms in total. The Bertz CT molecular complexity index is 840. The van der Waals surface area contributed by atoms with Gasteiger partial charge >= 0.3 is 5.97 Å². The van der Waals surface area contributed by atoms with E-state index in [0.29, 0.717) is 18.2 Å². The molecule has 2 aromatic rings. The normalized spacial score (nSPS) is 10.5. The zero-order valence-electron chi connectivity index (χ0n) is 12.0. The fraction of sp³-hybridized carbons (Fsp3) is 0.0667. The monoisotopic (exact) mass is 439 g/mol. The highest BCUT2D eigenvalue weighted by Crippen LogP contribution is 2.27. The summed E-state index contributed by atoms with van der Waals surface area (Å²) in [5.74, 6) is -6.61. The van der Waals surface area contributed by atoms with Crippen LogP contribution in [-0.4, -0.2) is 18.5 Å². The first-order valence-corrected chi connectivity index (χ1v) is 7.62. The number of rotatable bonds is 4. The Morgan fingerprint density at radius 2 is 1.68 bits per heavy atom. The van der Waals surface area contributed by atoms with Crippen LogP contribution in [-0.2, 0) is 9.53 Å². The Morgan fingerprint density at radius 3 is 2.32 bits per heavy atom. The van der Waals surface area contributed by atoms with Crippen molar-refractivity contribution in [3.05, 3.63) is 62.6 Å². The number of hydrogen-bond donors (Lipinski definition) is 1. The second-order valence-corrected chi connectivity index (χ2v) is 5.88. The van der Waals surface area contributed by atoms with E-state index in [1.54, 1.807) is 0 Å². The highest BCUT2D eigenvalue weighted by molar-refractivity contribution is 9.10. The molecule has 0 heterocycles. The van der Waals surface area contributed by atoms with Crippen LogP contribution < -0.4 is 5.32 Å². The summed E-state index contributed by atoms with van der Waals surface area (Å²) in [5.41, 5.74) is -0.837. The summed E-state index contributed by atoms with van der Waals surface area (Å²) in [7, 11) is 0. The molecule has 10 heteroatoms. The number of carbonyl (C=O) groups excluding carboxylic acids is 2. The molecule has 0 aliphatic heterocycles. The number of halogens is 6. The van der Waals surface area contributed by atoms with Gasteiger partial charge in [0.05, 0.1) is 16.3 Å². The van der Waals surface area contributed by atoms with E-state index < -0.39 is 52.3 Å². The smallest absolute Gasteiger partial charge is 0.340 e. The topological polar surface area (TPSA) is 55.4 Å². The number of ether oxygens (including phenoxy) is 1. The van der Waals surface area contributed by atoms with Crippen molar-refractivity contribution in [3.63, 3.8) is 0 Å². The van der Waals surface area contributed by atoms with E-state index in [-0.39, 0.29) is 10.2 Å². The van der Waals surface area contributed by atoms with E-state index >= 15 is 0 Å². The van der Waals surface area contributed by atoms with Gasteiger partial charge in [0, 0.05) is 10.5 Å². The van der Waals surface area contributed by atoms with Crippen molar-refractivity contribution >= 4 is 45.1 Å². The number of hydrogen-bond acceptors (Lipinski definition) is 3. The molecule has 0 atom stereocenters. The van der Waals surface area contributed by atoms with Crippen molar-refractivity contribution in [2.75, 3.05) is 11.9 Å². The minimum Gasteiger partial charge on any atom is -0.452 e. The van der Waals surface area contributed by atoms with Crippen molar-refractivity contribution in [2.45, 2.75) is 0 Å². The Hall–Kier alpha value is -2.13. The molecule has 25 heavy (non-hydrogen) atoms. The standard InChI is InChI=1S/C15H7BrClF4NO3/c16-8-1-6(18)2-12(21)14(8)22-13(23)5-25-15(24)7-3-10(19)11(20)4-9(7)17/h1-4H,5H2,(H,22,23). The molecule has 0 saturated carbocycles. The van der Waals surface area contributed by atoms with Crippen molar-refractivity contribution in [2.24, 2.45) is 0 Å². The average Bonchev–Trinajstić information content (AvgIpc) is 2.52. The average molecular weight is 441 g/mol. The highest BCUT2D eigenvalue weighted by atomic mass is 79.9. The van der Waals surface area contributed by atoms with Crippen LogP contribution in [0.1, 0.15) is 10.4 Å². The van der Waals surface area contributed by atoms with Gasteiger partial charge in [0.1, 0.15) is 5.82 Å². The number of carbonyl (C=O) groups is 2. The predicted octanol–water partition coefficient (Wildman–Crippen LogP) is 4.45. The molecule has 2 rings (SSSR count). The van der Waals surface area contributed by atoms with Crippen LogP contribution >= 0.6 is 27.5 Å². The summed E-state index contributed by atoms with van der Waals surface area (Å²) < 4.78 is 57.2. The van der Waals surface area contributed by atoms with Gasteiger partial charge in [-0.15, -0.1) is 0 Å². The number of nitrogens with one attached hydrogen (secondary N) is 1. The van der Waals surface area contributed by atoms with Crippen molar-refractivity contribution in [3.8, 4) is 0 Å². The first kappa shape index (κ1) is 19.2. The molecule has 0 aliphatic rings. The lowest BCUT2D eigenvalue weighted by molar-refractivity contribution is -0.119. The molecule has 0 bridgehead atoms. The van der Waals surface area contributed by atoms with Crippen LogP contribution in [0.2, 0.25) is 5.02 Å². The summed E-state index contributed by atoms with van der Waals surface area (Å²) in [6.07, 6.45) is 0. The molecule has 1 amide bonds. The van der Waals surface area contributed by atoms with Gasteiger partial charge in [0.15, 0.2) is 24.1 Å². The molecule has 0 aromatic heterocycles. The van der Waals surface area contributed by atoms with Gasteiger partial charge in [-0.1, -0.05) is 11.6 Å². The van der Waals surface area contributed by atoms with E-state index in [2.05, 4.69) is 26.0 Å². The van der Waals surface area contributed by atoms with Crippen LogP contribution in [0.15, 0.2) is 28.7 Å². The van der Waals surface area contributed by atoms with E-state index in [4.69, 9.17) is 11.6 Å². The minimum atomic E-state index is -1.32. The lowest BCUT2D eigenvalue weighted by Crippen LogP contribution is -2.22. The lowest BCUT2D eigenvalue weighted by Gasteiger charge is -2.10. The summed E-state index contributed by atoms with van der Waals surface area (Å²) in [6, 6.07) is 2.58. The molecular formula is C15H7BrClF4NO3. The second kappa shape index (κ2) is 7.83. The van der Waals surface area contributed by atoms with Crippen LogP contribution in [0, 0.1) is 23.3 Å². The number of anilines is 1. The zero-order chi connectivity index (χ0) is 18.7. The number of amides is 1. The van der Waals surface area contributed by atoms with Gasteiger partial charge in [-0.05, 0) is 34.1 Å². The Morgan fingerprint density at radius 1 is 1.04 bits per heavy atom. The third kappa shape index (κ3) is 4.70. The van der Waals surface area contributed by atoms with Crippen molar-refractivity contribution < 1.29 is 31.9 Å². The van der Waals surface area contributed by atoms with Crippen LogP contribution in [0.5, 0.6) is 0 Å². The maximum atomic E-state index is 13.6. The van der Waals surface area contributed by atoms with Crippen LogP contribution in [0.3, 0.4) is 0 Å². The van der Waals surface area contributed by atoms with Crippen molar-refractivity contribution in [1.29, 1.82) is 0 Å². The summed E-state index contributed by atoms with van der Waals surface area (Å²) in [5, 5.41) is 1.67. The van der Waals surface area contributed by atoms with Crippen LogP contribution in [0.4, 0.5) is 23.2 Å². The largest absolute Gasteiger partial charge is 0.452 e. The fourth-order valence-corrected chi connectivity index (χ4v) is 2.46. The quantitative estimate of drug-likeness (QED) is 0.434. The maximum absolute atomic E-state index is 13.6. The van der Waals surface area contributed by atoms with Gasteiger partial charge in [-0.25, -0.2) is 22.4 Å². The summed E-state index contributed by atoms with van der Waals surface area (Å²) in [4.78, 5) is 23.5. The van der Waals surface area contributed by atoms with Gasteiger partial charge in [0.25, 0.3) is 5.91 Å². The maximum Gasteiger partial charge on any atom is 0.340 e. The molecule has 0 spiro atoms. The van der Waals surface area contributed by atoms with E-state index in [0.717, 1.165) is 6.07 Å². The van der Waals surface area contributed by atoms with Gasteiger partial charge in [0.2, 0.25) is 0 Å². The van der Waals surface area contributed by atoms with E-state index in [1.165, 1.54) is 0 Å². The molecule has 0 unspecified atom stereocenters. The van der Waals surface area contributed by atoms with Gasteiger partial charge in [-0.2, -0.15) is 0 Å². The first-order valence-electron chi connectivity index (χ1n) is 6.45. The van der Waals surface area contributed by atoms with Gasteiger partial charge in [-0.3, -0.25) is 4.79 Å². The zero-order valence-corrected chi connectivity index (χ0v) is 14.4. The first-order chi connectivity index (χ1) is 11.7. The van der Waals surface area contributed by atoms with Crippen molar-refractivity contribution in [1.82, 2.24) is 0 Å². The SMILES string of the molecule is O=C(COC(=O)c1cc(F)c(F)cc1Cl)Nc1c(F)cc(F)cc1Br. The highest BCUT2D eigenvalue weighted by Gasteiger charge is 2.18. The molecule has 0 aliphatic carbocycles. The van der Waals surface area contributed by atoms with E-state index in [9.17, 15) is 27.2 Å². The Balaban J connectivity index is 2.03. The number of benzene rings is 2.